The number of hydrogen-bond donors (Lipinski definition) is 5. The number of nitrogens with one attached hydrogen (secondary N) is 4. The molecular formula is C38H39F3N10O8S. The lowest BCUT2D eigenvalue weighted by Gasteiger charge is -2.31. The normalized spacial score (nSPS) is 18.0. The van der Waals surface area contributed by atoms with Gasteiger partial charge < -0.3 is 21.1 Å². The van der Waals surface area contributed by atoms with Crippen LogP contribution in [0.5, 0.6) is 0 Å². The fourth-order valence-electron chi connectivity index (χ4n) is 7.18. The molecule has 18 nitrogen and oxygen atoms in total. The minimum absolute atomic E-state index is 0.000835. The minimum Gasteiger partial charge on any atom is -0.389 e. The topological polar surface area (TPSA) is 238 Å². The van der Waals surface area contributed by atoms with E-state index in [0.717, 1.165) is 4.90 Å². The Hall–Kier alpha value is -6.26. The smallest absolute Gasteiger partial charge is 0.389 e. The zero-order valence-electron chi connectivity index (χ0n) is 32.1. The van der Waals surface area contributed by atoms with Gasteiger partial charge in [-0.15, -0.1) is 0 Å². The molecule has 0 radical (unpaired) electrons. The summed E-state index contributed by atoms with van der Waals surface area (Å²) < 4.78 is 71.3. The number of benzene rings is 2. The van der Waals surface area contributed by atoms with Gasteiger partial charge in [0.2, 0.25) is 33.7 Å². The zero-order valence-corrected chi connectivity index (χ0v) is 32.9. The van der Waals surface area contributed by atoms with Crippen LogP contribution in [0.15, 0.2) is 66.0 Å². The maximum atomic E-state index is 13.9. The molecule has 5 N–H and O–H groups in total. The first-order chi connectivity index (χ1) is 28.3. The fraction of sp³-hybridized carbons (Fsp3) is 0.368. The Bertz CT molecular complexity index is 2480. The maximum absolute atomic E-state index is 13.9. The van der Waals surface area contributed by atoms with Crippen molar-refractivity contribution in [2.24, 2.45) is 0 Å². The Morgan fingerprint density at radius 2 is 1.70 bits per heavy atom. The highest BCUT2D eigenvalue weighted by Gasteiger charge is 2.46. The van der Waals surface area contributed by atoms with Gasteiger partial charge in [-0.3, -0.25) is 38.9 Å². The second kappa shape index (κ2) is 16.1. The molecule has 316 valence electrons. The van der Waals surface area contributed by atoms with Crippen molar-refractivity contribution in [2.75, 3.05) is 30.3 Å². The van der Waals surface area contributed by atoms with E-state index in [1.165, 1.54) is 77.7 Å². The Labute approximate surface area is 340 Å². The van der Waals surface area contributed by atoms with Crippen LogP contribution in [0.3, 0.4) is 0 Å². The summed E-state index contributed by atoms with van der Waals surface area (Å²) >= 11 is 0. The van der Waals surface area contributed by atoms with Crippen molar-refractivity contribution in [2.45, 2.75) is 74.8 Å². The number of imide groups is 2. The van der Waals surface area contributed by atoms with Crippen molar-refractivity contribution in [3.63, 3.8) is 0 Å². The van der Waals surface area contributed by atoms with E-state index in [1.807, 2.05) is 0 Å². The fourth-order valence-corrected chi connectivity index (χ4v) is 8.65. The number of halogens is 3. The van der Waals surface area contributed by atoms with Gasteiger partial charge >= 0.3 is 6.18 Å². The number of amides is 5. The molecule has 3 aliphatic heterocycles. The van der Waals surface area contributed by atoms with Crippen LogP contribution in [-0.4, -0.2) is 109 Å². The van der Waals surface area contributed by atoms with Crippen LogP contribution < -0.4 is 21.3 Å². The summed E-state index contributed by atoms with van der Waals surface area (Å²) in [6.45, 7) is 3.00. The molecule has 2 saturated heterocycles. The molecule has 4 aromatic rings. The second-order valence-electron chi connectivity index (χ2n) is 15.1. The van der Waals surface area contributed by atoms with Crippen molar-refractivity contribution in [3.8, 4) is 11.3 Å². The van der Waals surface area contributed by atoms with E-state index in [1.54, 1.807) is 0 Å². The van der Waals surface area contributed by atoms with Crippen LogP contribution in [-0.2, 0) is 37.1 Å². The number of rotatable bonds is 12. The quantitative estimate of drug-likeness (QED) is 0.129. The van der Waals surface area contributed by atoms with Gasteiger partial charge in [-0.25, -0.2) is 18.4 Å². The predicted molar refractivity (Wildman–Crippen MR) is 206 cm³/mol. The average Bonchev–Trinajstić information content (AvgIpc) is 3.74. The van der Waals surface area contributed by atoms with Crippen LogP contribution in [0.2, 0.25) is 0 Å². The number of hydrogen-bond acceptors (Lipinski definition) is 13. The third-order valence-electron chi connectivity index (χ3n) is 10.0. The average molecular weight is 853 g/mol. The monoisotopic (exact) mass is 852 g/mol. The molecule has 2 fully saturated rings. The van der Waals surface area contributed by atoms with Crippen LogP contribution in [0.4, 0.5) is 30.5 Å². The van der Waals surface area contributed by atoms with Crippen molar-refractivity contribution < 1.29 is 50.7 Å². The zero-order chi connectivity index (χ0) is 43.1. The minimum atomic E-state index is -4.78. The molecule has 7 rings (SSSR count). The van der Waals surface area contributed by atoms with Gasteiger partial charge in [0.25, 0.3) is 11.8 Å². The first-order valence-electron chi connectivity index (χ1n) is 18.7. The van der Waals surface area contributed by atoms with E-state index >= 15 is 0 Å². The van der Waals surface area contributed by atoms with Gasteiger partial charge in [-0.1, -0.05) is 6.07 Å². The molecular weight excluding hydrogens is 814 g/mol. The number of carbonyl (C=O) groups is 5. The summed E-state index contributed by atoms with van der Waals surface area (Å²) in [7, 11) is -3.97. The predicted octanol–water partition coefficient (Wildman–Crippen LogP) is 2.66. The first kappa shape index (κ1) is 41.9. The van der Waals surface area contributed by atoms with Crippen molar-refractivity contribution in [1.82, 2.24) is 39.6 Å². The number of carbonyl (C=O) groups excluding carboxylic acids is 5. The lowest BCUT2D eigenvalue weighted by atomic mass is 10.0. The number of aromatic nitrogens is 4. The van der Waals surface area contributed by atoms with Crippen molar-refractivity contribution in [3.05, 3.63) is 77.7 Å². The molecule has 2 aromatic heterocycles. The van der Waals surface area contributed by atoms with E-state index in [0.29, 0.717) is 24.7 Å². The van der Waals surface area contributed by atoms with E-state index in [2.05, 4.69) is 36.3 Å². The highest BCUT2D eigenvalue weighted by atomic mass is 32.2. The summed E-state index contributed by atoms with van der Waals surface area (Å²) in [5.41, 5.74) is -2.08. The number of piperidine rings is 2. The third-order valence-corrected chi connectivity index (χ3v) is 11.9. The number of nitrogens with zero attached hydrogens (tertiary/aromatic N) is 6. The molecule has 60 heavy (non-hydrogen) atoms. The summed E-state index contributed by atoms with van der Waals surface area (Å²) in [6, 6.07) is 8.51. The van der Waals surface area contributed by atoms with Gasteiger partial charge in [0, 0.05) is 54.9 Å². The van der Waals surface area contributed by atoms with Crippen molar-refractivity contribution in [1.29, 1.82) is 0 Å². The molecule has 0 bridgehead atoms. The van der Waals surface area contributed by atoms with Gasteiger partial charge in [0.15, 0.2) is 0 Å². The largest absolute Gasteiger partial charge is 0.419 e. The number of fused-ring (bicyclic) bond motifs is 1. The summed E-state index contributed by atoms with van der Waals surface area (Å²) in [5, 5.41) is 24.8. The van der Waals surface area contributed by atoms with Gasteiger partial charge in [0.05, 0.1) is 46.6 Å². The van der Waals surface area contributed by atoms with Crippen LogP contribution in [0.1, 0.15) is 65.8 Å². The standard InChI is InChI=1S/C38H39F3N10O8S/c1-37(2,57)20-49-19-21(16-44-49)32-26(38(39,40)41)17-43-36(48-32)46-22-6-8-24(9-7-22)60(58,59)50-14-12-23(13-15-50)45-30(53)18-42-27-5-3-4-25-31(27)35(56)51(34(25)55)28-10-11-29(52)47-33(28)54/h3-9,16-17,19,23,28,42,57H,10-15,18,20H2,1-2H3,(H,45,53)(H,43,46,48)(H,47,52,54). The van der Waals surface area contributed by atoms with Crippen LogP contribution in [0.25, 0.3) is 11.3 Å². The van der Waals surface area contributed by atoms with Gasteiger partial charge in [-0.2, -0.15) is 22.6 Å². The second-order valence-corrected chi connectivity index (χ2v) is 17.1. The van der Waals surface area contributed by atoms with E-state index in [9.17, 15) is 50.7 Å². The van der Waals surface area contributed by atoms with Crippen molar-refractivity contribution >= 4 is 56.9 Å². The highest BCUT2D eigenvalue weighted by Crippen LogP contribution is 2.37. The van der Waals surface area contributed by atoms with Crippen LogP contribution >= 0.6 is 0 Å². The van der Waals surface area contributed by atoms with Gasteiger partial charge in [0.1, 0.15) is 11.6 Å². The summed E-state index contributed by atoms with van der Waals surface area (Å²) in [6.07, 6.45) is -1.04. The molecule has 22 heteroatoms. The lowest BCUT2D eigenvalue weighted by Crippen LogP contribution is -2.54. The Morgan fingerprint density at radius 1 is 0.983 bits per heavy atom. The summed E-state index contributed by atoms with van der Waals surface area (Å²) in [5.74, 6) is -3.26. The molecule has 3 aliphatic rings. The number of alkyl halides is 3. The Kier molecular flexibility index (Phi) is 11.2. The summed E-state index contributed by atoms with van der Waals surface area (Å²) in [4.78, 5) is 72.1. The molecule has 1 atom stereocenters. The first-order valence-corrected chi connectivity index (χ1v) is 20.2. The molecule has 0 aliphatic carbocycles. The number of anilines is 3. The SMILES string of the molecule is CC(C)(O)Cn1cc(-c2nc(Nc3ccc(S(=O)(=O)N4CCC(NC(=O)CNc5cccc6c5C(=O)N(C5CCC(=O)NC5=O)C6=O)CC4)cc3)ncc2C(F)(F)F)cn1. The third kappa shape index (κ3) is 8.84. The molecule has 0 spiro atoms. The van der Waals surface area contributed by atoms with E-state index in [4.69, 9.17) is 0 Å². The highest BCUT2D eigenvalue weighted by molar-refractivity contribution is 7.89. The van der Waals surface area contributed by atoms with E-state index in [-0.39, 0.29) is 78.3 Å². The maximum Gasteiger partial charge on any atom is 0.419 e. The molecule has 5 amide bonds. The molecule has 2 aromatic carbocycles. The Balaban J connectivity index is 0.930. The number of aliphatic hydroxyl groups is 1. The molecule has 5 heterocycles. The lowest BCUT2D eigenvalue weighted by molar-refractivity contribution is -0.138. The van der Waals surface area contributed by atoms with Crippen LogP contribution in [0, 0.1) is 0 Å². The van der Waals surface area contributed by atoms with E-state index < -0.39 is 68.6 Å². The molecule has 1 unspecified atom stereocenters. The molecule has 0 saturated carbocycles. The van der Waals surface area contributed by atoms with Gasteiger partial charge in [-0.05, 0) is 69.5 Å². The number of sulfonamides is 1. The Morgan fingerprint density at radius 3 is 2.37 bits per heavy atom.